The average Bonchev–Trinajstić information content (AvgIpc) is 3.39. The first-order valence-electron chi connectivity index (χ1n) is 13.1. The van der Waals surface area contributed by atoms with Gasteiger partial charge in [-0.2, -0.15) is 0 Å². The van der Waals surface area contributed by atoms with Crippen molar-refractivity contribution < 1.29 is 4.79 Å². The summed E-state index contributed by atoms with van der Waals surface area (Å²) in [5.41, 5.74) is 6.21. The molecular formula is C30H34N6OS. The molecule has 1 aliphatic heterocycles. The van der Waals surface area contributed by atoms with Crippen LogP contribution in [0.2, 0.25) is 0 Å². The molecule has 7 nitrogen and oxygen atoms in total. The number of pyridine rings is 1. The maximum atomic E-state index is 13.3. The molecule has 1 saturated heterocycles. The summed E-state index contributed by atoms with van der Waals surface area (Å²) in [5, 5.41) is 3.10. The van der Waals surface area contributed by atoms with Crippen molar-refractivity contribution >= 4 is 23.5 Å². The zero-order valence-corrected chi connectivity index (χ0v) is 22.7. The van der Waals surface area contributed by atoms with Crippen molar-refractivity contribution in [2.24, 2.45) is 0 Å². The lowest BCUT2D eigenvalue weighted by Gasteiger charge is -2.33. The van der Waals surface area contributed by atoms with Crippen molar-refractivity contribution in [2.75, 3.05) is 24.2 Å². The van der Waals surface area contributed by atoms with Crippen LogP contribution in [0.1, 0.15) is 41.5 Å². The molecule has 0 bridgehead atoms. The standard InChI is InChI=1S/C30H34N6OS/c1-3-38-34-26-10-7-13-35(20-26)19-23-14-27(17-28(15-23)36-18-22(2)32-21-36)33-30(37)29-16-25(11-12-31-29)24-8-5-4-6-9-24/h4-6,8-9,11-12,14-18,21,26,34H,3,7,10,13,19-20H2,1-2H3,(H,33,37). The number of anilines is 1. The van der Waals surface area contributed by atoms with E-state index in [4.69, 9.17) is 0 Å². The zero-order chi connectivity index (χ0) is 26.3. The van der Waals surface area contributed by atoms with E-state index in [1.807, 2.05) is 72.5 Å². The lowest BCUT2D eigenvalue weighted by molar-refractivity contribution is 0.102. The number of likely N-dealkylation sites (tertiary alicyclic amines) is 1. The Kier molecular flexibility index (Phi) is 8.53. The molecule has 196 valence electrons. The van der Waals surface area contributed by atoms with Crippen LogP contribution in [0.3, 0.4) is 0 Å². The first-order chi connectivity index (χ1) is 18.6. The first-order valence-corrected chi connectivity index (χ1v) is 14.1. The minimum Gasteiger partial charge on any atom is -0.321 e. The van der Waals surface area contributed by atoms with Crippen LogP contribution in [0.15, 0.2) is 79.4 Å². The summed E-state index contributed by atoms with van der Waals surface area (Å²) in [6.45, 7) is 7.05. The van der Waals surface area contributed by atoms with Gasteiger partial charge in [-0.3, -0.25) is 19.4 Å². The second-order valence-corrected chi connectivity index (χ2v) is 10.8. The Morgan fingerprint density at radius 1 is 1.08 bits per heavy atom. The molecule has 0 spiro atoms. The third-order valence-corrected chi connectivity index (χ3v) is 7.44. The number of aryl methyl sites for hydroxylation is 1. The monoisotopic (exact) mass is 526 g/mol. The molecule has 2 aromatic carbocycles. The molecular weight excluding hydrogens is 492 g/mol. The van der Waals surface area contributed by atoms with Crippen molar-refractivity contribution in [3.8, 4) is 16.8 Å². The van der Waals surface area contributed by atoms with Crippen LogP contribution in [-0.2, 0) is 6.54 Å². The molecule has 8 heteroatoms. The molecule has 2 aromatic heterocycles. The second kappa shape index (κ2) is 12.4. The van der Waals surface area contributed by atoms with Gasteiger partial charge in [-0.05, 0) is 73.3 Å². The highest BCUT2D eigenvalue weighted by atomic mass is 32.2. The van der Waals surface area contributed by atoms with E-state index in [1.165, 1.54) is 12.8 Å². The van der Waals surface area contributed by atoms with Crippen LogP contribution in [0.25, 0.3) is 16.8 Å². The predicted molar refractivity (Wildman–Crippen MR) is 155 cm³/mol. The van der Waals surface area contributed by atoms with Crippen molar-refractivity contribution in [3.63, 3.8) is 0 Å². The third-order valence-electron chi connectivity index (χ3n) is 6.65. The summed E-state index contributed by atoms with van der Waals surface area (Å²) in [4.78, 5) is 24.5. The predicted octanol–water partition coefficient (Wildman–Crippen LogP) is 5.72. The first kappa shape index (κ1) is 26.2. The van der Waals surface area contributed by atoms with Crippen LogP contribution >= 0.6 is 11.9 Å². The fraction of sp³-hybridized carbons (Fsp3) is 0.300. The Morgan fingerprint density at radius 3 is 2.74 bits per heavy atom. The van der Waals surface area contributed by atoms with Crippen molar-refractivity contribution in [1.29, 1.82) is 0 Å². The Bertz CT molecular complexity index is 1370. The zero-order valence-electron chi connectivity index (χ0n) is 21.9. The SMILES string of the molecule is CCSNC1CCCN(Cc2cc(NC(=O)c3cc(-c4ccccc4)ccn3)cc(-n3cnc(C)c3)c2)C1. The van der Waals surface area contributed by atoms with Gasteiger partial charge in [0.05, 0.1) is 12.0 Å². The van der Waals surface area contributed by atoms with Gasteiger partial charge in [-0.1, -0.05) is 49.2 Å². The van der Waals surface area contributed by atoms with E-state index < -0.39 is 0 Å². The molecule has 1 aliphatic rings. The number of nitrogens with one attached hydrogen (secondary N) is 2. The highest BCUT2D eigenvalue weighted by Crippen LogP contribution is 2.24. The molecule has 0 radical (unpaired) electrons. The Hall–Kier alpha value is -3.46. The quantitative estimate of drug-likeness (QED) is 0.272. The number of rotatable bonds is 9. The van der Waals surface area contributed by atoms with Gasteiger partial charge in [-0.25, -0.2) is 4.98 Å². The number of piperidine rings is 1. The van der Waals surface area contributed by atoms with E-state index in [-0.39, 0.29) is 5.91 Å². The summed E-state index contributed by atoms with van der Waals surface area (Å²) in [6, 6.07) is 20.5. The minimum absolute atomic E-state index is 0.230. The van der Waals surface area contributed by atoms with Gasteiger partial charge in [0.25, 0.3) is 5.91 Å². The summed E-state index contributed by atoms with van der Waals surface area (Å²) in [6.07, 6.45) is 7.88. The maximum absolute atomic E-state index is 13.3. The number of carbonyl (C=O) groups excluding carboxylic acids is 1. The minimum atomic E-state index is -0.230. The number of imidazole rings is 1. The second-order valence-electron chi connectivity index (χ2n) is 9.69. The van der Waals surface area contributed by atoms with Gasteiger partial charge in [0.15, 0.2) is 0 Å². The number of aromatic nitrogens is 3. The van der Waals surface area contributed by atoms with Gasteiger partial charge in [0, 0.05) is 48.7 Å². The van der Waals surface area contributed by atoms with E-state index in [0.29, 0.717) is 11.7 Å². The van der Waals surface area contributed by atoms with E-state index in [1.54, 1.807) is 18.1 Å². The number of carbonyl (C=O) groups is 1. The maximum Gasteiger partial charge on any atom is 0.274 e. The molecule has 38 heavy (non-hydrogen) atoms. The van der Waals surface area contributed by atoms with Crippen LogP contribution in [-0.4, -0.2) is 50.2 Å². The molecule has 0 aliphatic carbocycles. The summed E-state index contributed by atoms with van der Waals surface area (Å²) in [7, 11) is 0. The number of benzene rings is 2. The fourth-order valence-electron chi connectivity index (χ4n) is 4.86. The van der Waals surface area contributed by atoms with Crippen molar-refractivity contribution in [2.45, 2.75) is 39.3 Å². The van der Waals surface area contributed by atoms with E-state index in [0.717, 1.165) is 59.1 Å². The molecule has 1 fully saturated rings. The van der Waals surface area contributed by atoms with Crippen LogP contribution in [0, 0.1) is 6.92 Å². The molecule has 4 aromatic rings. The van der Waals surface area contributed by atoms with Gasteiger partial charge in [-0.15, -0.1) is 0 Å². The van der Waals surface area contributed by atoms with Crippen molar-refractivity contribution in [1.82, 2.24) is 24.2 Å². The average molecular weight is 527 g/mol. The number of amides is 1. The van der Waals surface area contributed by atoms with E-state index in [9.17, 15) is 4.79 Å². The highest BCUT2D eigenvalue weighted by Gasteiger charge is 2.20. The molecule has 3 heterocycles. The van der Waals surface area contributed by atoms with Crippen LogP contribution < -0.4 is 10.0 Å². The van der Waals surface area contributed by atoms with E-state index >= 15 is 0 Å². The van der Waals surface area contributed by atoms with Gasteiger partial charge < -0.3 is 9.88 Å². The molecule has 1 amide bonds. The van der Waals surface area contributed by atoms with E-state index in [2.05, 4.69) is 44.0 Å². The molecule has 2 N–H and O–H groups in total. The third kappa shape index (κ3) is 6.69. The number of hydrogen-bond donors (Lipinski definition) is 2. The summed E-state index contributed by atoms with van der Waals surface area (Å²) >= 11 is 1.79. The normalized spacial score (nSPS) is 15.9. The lowest BCUT2D eigenvalue weighted by Crippen LogP contribution is -2.43. The van der Waals surface area contributed by atoms with Gasteiger partial charge >= 0.3 is 0 Å². The highest BCUT2D eigenvalue weighted by molar-refractivity contribution is 7.97. The molecule has 0 saturated carbocycles. The largest absolute Gasteiger partial charge is 0.321 e. The fourth-order valence-corrected chi connectivity index (χ4v) is 5.46. The van der Waals surface area contributed by atoms with Crippen molar-refractivity contribution in [3.05, 3.63) is 96.3 Å². The number of hydrogen-bond acceptors (Lipinski definition) is 6. The van der Waals surface area contributed by atoms with Gasteiger partial charge in [0.2, 0.25) is 0 Å². The Labute approximate surface area is 228 Å². The van der Waals surface area contributed by atoms with Crippen LogP contribution in [0.4, 0.5) is 5.69 Å². The topological polar surface area (TPSA) is 75.1 Å². The molecule has 5 rings (SSSR count). The Morgan fingerprint density at radius 2 is 1.95 bits per heavy atom. The summed E-state index contributed by atoms with van der Waals surface area (Å²) in [5.74, 6) is 0.834. The Balaban J connectivity index is 1.38. The molecule has 1 unspecified atom stereocenters. The number of nitrogens with zero attached hydrogens (tertiary/aromatic N) is 4. The van der Waals surface area contributed by atoms with Gasteiger partial charge in [0.1, 0.15) is 5.69 Å². The lowest BCUT2D eigenvalue weighted by atomic mass is 10.0. The molecule has 1 atom stereocenters. The van der Waals surface area contributed by atoms with Crippen LogP contribution in [0.5, 0.6) is 0 Å². The smallest absolute Gasteiger partial charge is 0.274 e. The summed E-state index contributed by atoms with van der Waals surface area (Å²) < 4.78 is 5.60.